The fourth-order valence-electron chi connectivity index (χ4n) is 1.73. The molecule has 0 saturated heterocycles. The first kappa shape index (κ1) is 15.6. The van der Waals surface area contributed by atoms with Gasteiger partial charge >= 0.3 is 0 Å². The molecule has 0 heterocycles. The molecule has 6 heteroatoms. The number of nitrogens with one attached hydrogen (secondary N) is 2. The lowest BCUT2D eigenvalue weighted by Gasteiger charge is -2.09. The Kier molecular flexibility index (Phi) is 5.42. The standard InChI is InChI=1S/C15H13Cl2FN2O/c16-12-5-2-6-13(15(12)17)20-14(21)7-8-19-11-4-1-3-10(18)9-11/h1-6,9,19H,7-8H2,(H,20,21). The Balaban J connectivity index is 1.84. The smallest absolute Gasteiger partial charge is 0.226 e. The molecule has 0 unspecified atom stereocenters. The zero-order chi connectivity index (χ0) is 15.2. The minimum absolute atomic E-state index is 0.205. The van der Waals surface area contributed by atoms with Crippen molar-refractivity contribution in [1.29, 1.82) is 0 Å². The van der Waals surface area contributed by atoms with Crippen molar-refractivity contribution < 1.29 is 9.18 Å². The molecular weight excluding hydrogens is 314 g/mol. The van der Waals surface area contributed by atoms with Gasteiger partial charge < -0.3 is 10.6 Å². The van der Waals surface area contributed by atoms with E-state index in [9.17, 15) is 9.18 Å². The van der Waals surface area contributed by atoms with Crippen LogP contribution in [0.3, 0.4) is 0 Å². The van der Waals surface area contributed by atoms with Gasteiger partial charge in [-0.2, -0.15) is 0 Å². The lowest BCUT2D eigenvalue weighted by atomic mass is 10.3. The largest absolute Gasteiger partial charge is 0.384 e. The fraction of sp³-hybridized carbons (Fsp3) is 0.133. The highest BCUT2D eigenvalue weighted by atomic mass is 35.5. The third kappa shape index (κ3) is 4.62. The molecule has 0 spiro atoms. The van der Waals surface area contributed by atoms with Crippen molar-refractivity contribution in [2.75, 3.05) is 17.2 Å². The van der Waals surface area contributed by atoms with Gasteiger partial charge in [-0.3, -0.25) is 4.79 Å². The van der Waals surface area contributed by atoms with E-state index in [0.29, 0.717) is 28.0 Å². The molecule has 3 nitrogen and oxygen atoms in total. The number of carbonyl (C=O) groups is 1. The molecule has 0 aliphatic heterocycles. The van der Waals surface area contributed by atoms with Crippen molar-refractivity contribution in [2.24, 2.45) is 0 Å². The lowest BCUT2D eigenvalue weighted by molar-refractivity contribution is -0.115. The van der Waals surface area contributed by atoms with E-state index >= 15 is 0 Å². The fourth-order valence-corrected chi connectivity index (χ4v) is 2.08. The Morgan fingerprint density at radius 1 is 1.14 bits per heavy atom. The van der Waals surface area contributed by atoms with E-state index in [1.54, 1.807) is 30.3 Å². The first-order valence-corrected chi connectivity index (χ1v) is 7.05. The maximum Gasteiger partial charge on any atom is 0.226 e. The first-order chi connectivity index (χ1) is 10.1. The summed E-state index contributed by atoms with van der Waals surface area (Å²) < 4.78 is 13.0. The second-order valence-corrected chi connectivity index (χ2v) is 5.12. The molecule has 0 aliphatic carbocycles. The Labute approximate surface area is 132 Å². The lowest BCUT2D eigenvalue weighted by Crippen LogP contribution is -2.16. The summed E-state index contributed by atoms with van der Waals surface area (Å²) in [5.41, 5.74) is 1.10. The Morgan fingerprint density at radius 3 is 2.67 bits per heavy atom. The van der Waals surface area contributed by atoms with E-state index in [0.717, 1.165) is 0 Å². The van der Waals surface area contributed by atoms with E-state index in [4.69, 9.17) is 23.2 Å². The van der Waals surface area contributed by atoms with Crippen LogP contribution < -0.4 is 10.6 Å². The van der Waals surface area contributed by atoms with E-state index in [1.165, 1.54) is 12.1 Å². The van der Waals surface area contributed by atoms with Gasteiger partial charge in [-0.05, 0) is 30.3 Å². The summed E-state index contributed by atoms with van der Waals surface area (Å²) in [5, 5.41) is 6.34. The summed E-state index contributed by atoms with van der Waals surface area (Å²) in [7, 11) is 0. The topological polar surface area (TPSA) is 41.1 Å². The van der Waals surface area contributed by atoms with Crippen molar-refractivity contribution in [3.8, 4) is 0 Å². The normalized spacial score (nSPS) is 10.2. The maximum absolute atomic E-state index is 13.0. The van der Waals surface area contributed by atoms with Gasteiger partial charge in [0.15, 0.2) is 0 Å². The molecule has 0 atom stereocenters. The summed E-state index contributed by atoms with van der Waals surface area (Å²) >= 11 is 11.8. The van der Waals surface area contributed by atoms with Crippen LogP contribution in [0.2, 0.25) is 10.0 Å². The van der Waals surface area contributed by atoms with Crippen LogP contribution in [0.15, 0.2) is 42.5 Å². The minimum atomic E-state index is -0.324. The molecule has 0 radical (unpaired) electrons. The SMILES string of the molecule is O=C(CCNc1cccc(F)c1)Nc1cccc(Cl)c1Cl. The van der Waals surface area contributed by atoms with Crippen LogP contribution in [0.25, 0.3) is 0 Å². The molecule has 0 aromatic heterocycles. The Hall–Kier alpha value is -1.78. The van der Waals surface area contributed by atoms with E-state index < -0.39 is 0 Å². The Bertz CT molecular complexity index is 649. The molecule has 2 N–H and O–H groups in total. The quantitative estimate of drug-likeness (QED) is 0.844. The van der Waals surface area contributed by atoms with Crippen molar-refractivity contribution in [3.63, 3.8) is 0 Å². The van der Waals surface area contributed by atoms with Crippen LogP contribution in [0.4, 0.5) is 15.8 Å². The third-order valence-electron chi connectivity index (χ3n) is 2.73. The third-order valence-corrected chi connectivity index (χ3v) is 3.55. The summed E-state index contributed by atoms with van der Waals surface area (Å²) in [6, 6.07) is 11.1. The molecule has 1 amide bonds. The molecule has 2 aromatic rings. The highest BCUT2D eigenvalue weighted by molar-refractivity contribution is 6.43. The number of carbonyl (C=O) groups excluding carboxylic acids is 1. The molecule has 110 valence electrons. The summed E-state index contributed by atoms with van der Waals surface area (Å²) in [6.45, 7) is 0.382. The van der Waals surface area contributed by atoms with Crippen molar-refractivity contribution in [1.82, 2.24) is 0 Å². The van der Waals surface area contributed by atoms with Crippen LogP contribution >= 0.6 is 23.2 Å². The second-order valence-electron chi connectivity index (χ2n) is 4.34. The molecule has 2 rings (SSSR count). The van der Waals surface area contributed by atoms with Crippen LogP contribution in [-0.2, 0) is 4.79 Å². The monoisotopic (exact) mass is 326 g/mol. The van der Waals surface area contributed by atoms with Crippen molar-refractivity contribution >= 4 is 40.5 Å². The van der Waals surface area contributed by atoms with Crippen molar-refractivity contribution in [2.45, 2.75) is 6.42 Å². The van der Waals surface area contributed by atoms with Gasteiger partial charge in [0, 0.05) is 18.7 Å². The van der Waals surface area contributed by atoms with Gasteiger partial charge in [0.05, 0.1) is 15.7 Å². The van der Waals surface area contributed by atoms with Gasteiger partial charge in [-0.25, -0.2) is 4.39 Å². The van der Waals surface area contributed by atoms with Gasteiger partial charge in [0.25, 0.3) is 0 Å². The first-order valence-electron chi connectivity index (χ1n) is 6.29. The minimum Gasteiger partial charge on any atom is -0.384 e. The molecule has 0 bridgehead atoms. The molecule has 0 saturated carbocycles. The zero-order valence-electron chi connectivity index (χ0n) is 11.0. The molecule has 2 aromatic carbocycles. The number of hydrogen-bond donors (Lipinski definition) is 2. The van der Waals surface area contributed by atoms with Crippen LogP contribution in [0.5, 0.6) is 0 Å². The molecular formula is C15H13Cl2FN2O. The average Bonchev–Trinajstić information content (AvgIpc) is 2.44. The van der Waals surface area contributed by atoms with Gasteiger partial charge in [-0.1, -0.05) is 35.3 Å². The highest BCUT2D eigenvalue weighted by Gasteiger charge is 2.08. The van der Waals surface area contributed by atoms with Gasteiger partial charge in [0.1, 0.15) is 5.82 Å². The van der Waals surface area contributed by atoms with Crippen molar-refractivity contribution in [3.05, 3.63) is 58.3 Å². The number of hydrogen-bond acceptors (Lipinski definition) is 2. The molecule has 0 fully saturated rings. The molecule has 0 aliphatic rings. The van der Waals surface area contributed by atoms with E-state index in [-0.39, 0.29) is 18.1 Å². The van der Waals surface area contributed by atoms with E-state index in [2.05, 4.69) is 10.6 Å². The second kappa shape index (κ2) is 7.29. The maximum atomic E-state index is 13.0. The van der Waals surface area contributed by atoms with E-state index in [1.807, 2.05) is 0 Å². The van der Waals surface area contributed by atoms with Crippen LogP contribution in [0.1, 0.15) is 6.42 Å². The number of benzene rings is 2. The number of rotatable bonds is 5. The summed E-state index contributed by atoms with van der Waals surface area (Å²) in [4.78, 5) is 11.8. The summed E-state index contributed by atoms with van der Waals surface area (Å²) in [6.07, 6.45) is 0.222. The number of halogens is 3. The van der Waals surface area contributed by atoms with Gasteiger partial charge in [-0.15, -0.1) is 0 Å². The predicted molar refractivity (Wildman–Crippen MR) is 84.6 cm³/mol. The molecule has 21 heavy (non-hydrogen) atoms. The predicted octanol–water partition coefficient (Wildman–Crippen LogP) is 4.57. The number of anilines is 2. The zero-order valence-corrected chi connectivity index (χ0v) is 12.5. The number of amides is 1. The van der Waals surface area contributed by atoms with Gasteiger partial charge in [0.2, 0.25) is 5.91 Å². The van der Waals surface area contributed by atoms with Crippen LogP contribution in [-0.4, -0.2) is 12.5 Å². The average molecular weight is 327 g/mol. The Morgan fingerprint density at radius 2 is 1.90 bits per heavy atom. The summed E-state index contributed by atoms with van der Waals surface area (Å²) in [5.74, 6) is -0.529. The van der Waals surface area contributed by atoms with Crippen LogP contribution in [0, 0.1) is 5.82 Å². The highest BCUT2D eigenvalue weighted by Crippen LogP contribution is 2.29.